The number of aromatic nitrogens is 2. The molecule has 0 fully saturated rings. The van der Waals surface area contributed by atoms with Crippen LogP contribution in [0.3, 0.4) is 0 Å². The van der Waals surface area contributed by atoms with E-state index in [2.05, 4.69) is 10.4 Å². The maximum Gasteiger partial charge on any atom is 0.230 e. The van der Waals surface area contributed by atoms with Crippen molar-refractivity contribution in [3.8, 4) is 11.5 Å². The van der Waals surface area contributed by atoms with Crippen molar-refractivity contribution in [2.24, 2.45) is 0 Å². The first-order valence-electron chi connectivity index (χ1n) is 9.64. The van der Waals surface area contributed by atoms with Gasteiger partial charge in [0.2, 0.25) is 5.91 Å². The highest BCUT2D eigenvalue weighted by Gasteiger charge is 2.13. The zero-order chi connectivity index (χ0) is 21.5. The number of nitrogens with zero attached hydrogens (tertiary/aromatic N) is 2. The van der Waals surface area contributed by atoms with Gasteiger partial charge in [-0.25, -0.2) is 4.39 Å². The number of amides is 1. The fourth-order valence-corrected chi connectivity index (χ4v) is 3.10. The molecule has 30 heavy (non-hydrogen) atoms. The molecule has 0 unspecified atom stereocenters. The maximum atomic E-state index is 13.0. The smallest absolute Gasteiger partial charge is 0.230 e. The number of hydrogen-bond donors (Lipinski definition) is 1. The van der Waals surface area contributed by atoms with Gasteiger partial charge in [0.1, 0.15) is 10.8 Å². The minimum Gasteiger partial charge on any atom is -0.490 e. The summed E-state index contributed by atoms with van der Waals surface area (Å²) < 4.78 is 25.8. The van der Waals surface area contributed by atoms with Crippen molar-refractivity contribution in [1.29, 1.82) is 0 Å². The van der Waals surface area contributed by atoms with E-state index in [4.69, 9.17) is 21.1 Å². The van der Waals surface area contributed by atoms with Crippen LogP contribution >= 0.6 is 11.6 Å². The van der Waals surface area contributed by atoms with Gasteiger partial charge in [0.05, 0.1) is 26.2 Å². The molecule has 0 bridgehead atoms. The van der Waals surface area contributed by atoms with E-state index in [0.717, 1.165) is 11.1 Å². The SMILES string of the molecule is CCOc1ccc(CC(=O)Nc2nn(Cc3ccc(F)cc3)cc2Cl)cc1OCC. The van der Waals surface area contributed by atoms with Gasteiger partial charge in [0.15, 0.2) is 17.3 Å². The Bertz CT molecular complexity index is 1010. The van der Waals surface area contributed by atoms with Crippen LogP contribution in [-0.4, -0.2) is 28.9 Å². The fourth-order valence-electron chi connectivity index (χ4n) is 2.91. The molecule has 0 aliphatic carbocycles. The minimum absolute atomic E-state index is 0.133. The minimum atomic E-state index is -0.299. The summed E-state index contributed by atoms with van der Waals surface area (Å²) in [4.78, 5) is 12.5. The lowest BCUT2D eigenvalue weighted by Crippen LogP contribution is -2.15. The second-order valence-electron chi connectivity index (χ2n) is 6.52. The van der Waals surface area contributed by atoms with Gasteiger partial charge >= 0.3 is 0 Å². The van der Waals surface area contributed by atoms with Crippen LogP contribution in [0, 0.1) is 5.82 Å². The van der Waals surface area contributed by atoms with E-state index >= 15 is 0 Å². The number of carbonyl (C=O) groups is 1. The Morgan fingerprint density at radius 3 is 2.43 bits per heavy atom. The van der Waals surface area contributed by atoms with E-state index in [1.165, 1.54) is 12.1 Å². The molecule has 8 heteroatoms. The normalized spacial score (nSPS) is 10.7. The predicted molar refractivity (Wildman–Crippen MR) is 114 cm³/mol. The largest absolute Gasteiger partial charge is 0.490 e. The van der Waals surface area contributed by atoms with E-state index in [1.54, 1.807) is 35.1 Å². The second-order valence-corrected chi connectivity index (χ2v) is 6.93. The summed E-state index contributed by atoms with van der Waals surface area (Å²) in [5.74, 6) is 0.972. The molecular formula is C22H23ClFN3O3. The van der Waals surface area contributed by atoms with E-state index in [1.807, 2.05) is 19.9 Å². The predicted octanol–water partition coefficient (Wildman–Crippen LogP) is 4.70. The maximum absolute atomic E-state index is 13.0. The molecule has 2 aromatic carbocycles. The van der Waals surface area contributed by atoms with Crippen molar-refractivity contribution >= 4 is 23.3 Å². The Kier molecular flexibility index (Phi) is 7.30. The van der Waals surface area contributed by atoms with Crippen LogP contribution < -0.4 is 14.8 Å². The zero-order valence-corrected chi connectivity index (χ0v) is 17.6. The Morgan fingerprint density at radius 2 is 1.73 bits per heavy atom. The van der Waals surface area contributed by atoms with Crippen LogP contribution in [0.5, 0.6) is 11.5 Å². The van der Waals surface area contributed by atoms with Gasteiger partial charge < -0.3 is 14.8 Å². The van der Waals surface area contributed by atoms with Gasteiger partial charge in [0, 0.05) is 6.20 Å². The lowest BCUT2D eigenvalue weighted by Gasteiger charge is -2.12. The first-order chi connectivity index (χ1) is 14.5. The third kappa shape index (κ3) is 5.73. The van der Waals surface area contributed by atoms with Gasteiger partial charge in [-0.2, -0.15) is 5.10 Å². The molecule has 1 N–H and O–H groups in total. The van der Waals surface area contributed by atoms with Gasteiger partial charge in [-0.1, -0.05) is 29.8 Å². The molecule has 3 rings (SSSR count). The summed E-state index contributed by atoms with van der Waals surface area (Å²) in [5.41, 5.74) is 1.65. The third-order valence-corrected chi connectivity index (χ3v) is 4.48. The summed E-state index contributed by atoms with van der Waals surface area (Å²) in [6.07, 6.45) is 1.75. The van der Waals surface area contributed by atoms with Crippen molar-refractivity contribution in [1.82, 2.24) is 9.78 Å². The number of benzene rings is 2. The van der Waals surface area contributed by atoms with Gasteiger partial charge in [-0.05, 0) is 49.2 Å². The molecule has 0 atom stereocenters. The highest BCUT2D eigenvalue weighted by molar-refractivity contribution is 6.33. The third-order valence-electron chi connectivity index (χ3n) is 4.21. The molecule has 158 valence electrons. The average Bonchev–Trinajstić information content (AvgIpc) is 3.04. The average molecular weight is 432 g/mol. The Morgan fingerprint density at radius 1 is 1.07 bits per heavy atom. The van der Waals surface area contributed by atoms with Crippen LogP contribution in [0.25, 0.3) is 0 Å². The summed E-state index contributed by atoms with van der Waals surface area (Å²) >= 11 is 6.21. The quantitative estimate of drug-likeness (QED) is 0.533. The van der Waals surface area contributed by atoms with E-state index < -0.39 is 0 Å². The monoisotopic (exact) mass is 431 g/mol. The summed E-state index contributed by atoms with van der Waals surface area (Å²) in [6, 6.07) is 11.5. The fraction of sp³-hybridized carbons (Fsp3) is 0.273. The van der Waals surface area contributed by atoms with E-state index in [9.17, 15) is 9.18 Å². The molecule has 0 spiro atoms. The number of carbonyl (C=O) groups excluding carboxylic acids is 1. The van der Waals surface area contributed by atoms with Crippen LogP contribution in [0.15, 0.2) is 48.7 Å². The van der Waals surface area contributed by atoms with Crippen molar-refractivity contribution in [2.75, 3.05) is 18.5 Å². The number of halogens is 2. The molecule has 0 aliphatic rings. The standard InChI is InChI=1S/C22H23ClFN3O3/c1-3-29-19-10-7-16(11-20(19)30-4-2)12-21(28)25-22-18(23)14-27(26-22)13-15-5-8-17(24)9-6-15/h5-11,14H,3-4,12-13H2,1-2H3,(H,25,26,28). The van der Waals surface area contributed by atoms with Crippen LogP contribution in [0.4, 0.5) is 10.2 Å². The second kappa shape index (κ2) is 10.1. The van der Waals surface area contributed by atoms with Crippen molar-refractivity contribution in [2.45, 2.75) is 26.8 Å². The molecule has 1 aromatic heterocycles. The van der Waals surface area contributed by atoms with Crippen molar-refractivity contribution in [3.63, 3.8) is 0 Å². The molecule has 6 nitrogen and oxygen atoms in total. The number of nitrogens with one attached hydrogen (secondary N) is 1. The van der Waals surface area contributed by atoms with Crippen LogP contribution in [-0.2, 0) is 17.8 Å². The summed E-state index contributed by atoms with van der Waals surface area (Å²) in [6.45, 7) is 5.22. The van der Waals surface area contributed by atoms with E-state index in [-0.39, 0.29) is 24.0 Å². The highest BCUT2D eigenvalue weighted by Crippen LogP contribution is 2.29. The highest BCUT2D eigenvalue weighted by atomic mass is 35.5. The first kappa shape index (κ1) is 21.6. The lowest BCUT2D eigenvalue weighted by molar-refractivity contribution is -0.115. The molecule has 3 aromatic rings. The molecule has 0 radical (unpaired) electrons. The van der Waals surface area contributed by atoms with Crippen molar-refractivity contribution < 1.29 is 18.7 Å². The molecular weight excluding hydrogens is 409 g/mol. The Hall–Kier alpha value is -3.06. The number of ether oxygens (including phenoxy) is 2. The summed E-state index contributed by atoms with van der Waals surface area (Å²) in [7, 11) is 0. The van der Waals surface area contributed by atoms with Crippen LogP contribution in [0.1, 0.15) is 25.0 Å². The number of hydrogen-bond acceptors (Lipinski definition) is 4. The topological polar surface area (TPSA) is 65.4 Å². The first-order valence-corrected chi connectivity index (χ1v) is 10.0. The molecule has 0 aliphatic heterocycles. The van der Waals surface area contributed by atoms with E-state index in [0.29, 0.717) is 36.3 Å². The van der Waals surface area contributed by atoms with Crippen LogP contribution in [0.2, 0.25) is 5.02 Å². The number of rotatable bonds is 9. The molecule has 1 amide bonds. The summed E-state index contributed by atoms with van der Waals surface area (Å²) in [5, 5.41) is 7.37. The Labute approximate surface area is 179 Å². The number of anilines is 1. The molecule has 1 heterocycles. The van der Waals surface area contributed by atoms with Crippen molar-refractivity contribution in [3.05, 3.63) is 70.6 Å². The molecule has 0 saturated carbocycles. The lowest BCUT2D eigenvalue weighted by atomic mass is 10.1. The van der Waals surface area contributed by atoms with Gasteiger partial charge in [-0.3, -0.25) is 9.48 Å². The zero-order valence-electron chi connectivity index (χ0n) is 16.8. The van der Waals surface area contributed by atoms with Gasteiger partial charge in [0.25, 0.3) is 0 Å². The molecule has 0 saturated heterocycles. The Balaban J connectivity index is 1.65. The van der Waals surface area contributed by atoms with Gasteiger partial charge in [-0.15, -0.1) is 0 Å².